The molecule has 0 saturated heterocycles. The minimum atomic E-state index is 0.429. The van der Waals surface area contributed by atoms with Crippen LogP contribution in [0.5, 0.6) is 0 Å². The Labute approximate surface area is 492 Å². The van der Waals surface area contributed by atoms with Gasteiger partial charge < -0.3 is 18.3 Å². The highest BCUT2D eigenvalue weighted by molar-refractivity contribution is 6.28. The summed E-state index contributed by atoms with van der Waals surface area (Å²) < 4.78 is 9.42. The Morgan fingerprint density at radius 1 is 0.267 bits per heavy atom. The van der Waals surface area contributed by atoms with Crippen LogP contribution in [-0.4, -0.2) is 33.2 Å². The molecule has 9 nitrogen and oxygen atoms in total. The van der Waals surface area contributed by atoms with Gasteiger partial charge in [0.15, 0.2) is 17.5 Å². The third-order valence-electron chi connectivity index (χ3n) is 17.0. The number of nitrogens with zero attached hydrogens (tertiary/aromatic N) is 9. The molecule has 0 amide bonds. The van der Waals surface area contributed by atoms with E-state index in [1.54, 1.807) is 0 Å². The van der Waals surface area contributed by atoms with Crippen molar-refractivity contribution < 1.29 is 0 Å². The second-order valence-corrected chi connectivity index (χ2v) is 21.7. The van der Waals surface area contributed by atoms with Crippen molar-refractivity contribution in [2.24, 2.45) is 0 Å². The summed E-state index contributed by atoms with van der Waals surface area (Å²) in [5.74, 6) is 1.36. The summed E-state index contributed by atoms with van der Waals surface area (Å²) in [4.78, 5) is 16.6. The molecule has 17 aromatic rings. The van der Waals surface area contributed by atoms with Crippen LogP contribution < -0.4 is 0 Å². The summed E-state index contributed by atoms with van der Waals surface area (Å²) in [5.41, 5.74) is 17.2. The third kappa shape index (κ3) is 7.32. The SMILES string of the molecule is N#Cc1cccc(-c2ccc(-n3c4ccccc4c4c3ccc3c5ccccc5n(-c5ccccc5)c34)c(-c3nc(-c4ccccc4)nc(-c4ccc(C#N)cc4-n4c5ccccc5c5c4ccc4c6ccccc6n(-c6ccccc6)c45)n3)c2)c1. The summed E-state index contributed by atoms with van der Waals surface area (Å²) in [6.07, 6.45) is 0. The second-order valence-electron chi connectivity index (χ2n) is 21.7. The van der Waals surface area contributed by atoms with Crippen molar-refractivity contribution in [3.63, 3.8) is 0 Å². The molecule has 86 heavy (non-hydrogen) atoms. The molecule has 0 fully saturated rings. The van der Waals surface area contributed by atoms with Crippen LogP contribution in [-0.2, 0) is 0 Å². The monoisotopic (exact) mass is 1100 g/mol. The van der Waals surface area contributed by atoms with E-state index in [9.17, 15) is 10.5 Å². The Morgan fingerprint density at radius 3 is 1.27 bits per heavy atom. The number of rotatable bonds is 8. The lowest BCUT2D eigenvalue weighted by molar-refractivity contribution is 1.06. The van der Waals surface area contributed by atoms with E-state index < -0.39 is 0 Å². The van der Waals surface area contributed by atoms with Gasteiger partial charge in [-0.25, -0.2) is 15.0 Å². The molecule has 12 aromatic carbocycles. The van der Waals surface area contributed by atoms with Crippen LogP contribution in [0.2, 0.25) is 0 Å². The van der Waals surface area contributed by atoms with Crippen molar-refractivity contribution in [1.82, 2.24) is 33.2 Å². The zero-order valence-electron chi connectivity index (χ0n) is 46.0. The lowest BCUT2D eigenvalue weighted by Crippen LogP contribution is -2.06. The summed E-state index contributed by atoms with van der Waals surface area (Å²) in [5, 5.41) is 30.0. The van der Waals surface area contributed by atoms with E-state index in [-0.39, 0.29) is 0 Å². The molecule has 0 saturated carbocycles. The number of hydrogen-bond donors (Lipinski definition) is 0. The quantitative estimate of drug-likeness (QED) is 0.151. The van der Waals surface area contributed by atoms with Gasteiger partial charge in [0.1, 0.15) is 0 Å². The van der Waals surface area contributed by atoms with E-state index >= 15 is 0 Å². The van der Waals surface area contributed by atoms with Gasteiger partial charge in [-0.15, -0.1) is 0 Å². The predicted molar refractivity (Wildman–Crippen MR) is 348 cm³/mol. The zero-order chi connectivity index (χ0) is 57.0. The molecule has 0 aliphatic carbocycles. The summed E-state index contributed by atoms with van der Waals surface area (Å²) in [6.45, 7) is 0. The first-order valence-electron chi connectivity index (χ1n) is 28.6. The van der Waals surface area contributed by atoms with Crippen LogP contribution in [0.25, 0.3) is 155 Å². The third-order valence-corrected chi connectivity index (χ3v) is 17.0. The molecule has 0 unspecified atom stereocenters. The first-order chi connectivity index (χ1) is 42.6. The van der Waals surface area contributed by atoms with Crippen LogP contribution in [0, 0.1) is 22.7 Å². The summed E-state index contributed by atoms with van der Waals surface area (Å²) in [6, 6.07) is 99.4. The maximum atomic E-state index is 10.8. The van der Waals surface area contributed by atoms with Crippen LogP contribution >= 0.6 is 0 Å². The van der Waals surface area contributed by atoms with Gasteiger partial charge in [-0.05, 0) is 114 Å². The average Bonchev–Trinajstić information content (AvgIpc) is 1.61. The highest BCUT2D eigenvalue weighted by atomic mass is 15.1. The van der Waals surface area contributed by atoms with Gasteiger partial charge in [0.05, 0.1) is 78.8 Å². The largest absolute Gasteiger partial charge is 0.309 e. The Hall–Kier alpha value is -12.2. The van der Waals surface area contributed by atoms with Crippen molar-refractivity contribution in [2.45, 2.75) is 0 Å². The van der Waals surface area contributed by atoms with Crippen molar-refractivity contribution in [3.05, 3.63) is 284 Å². The minimum Gasteiger partial charge on any atom is -0.309 e. The zero-order valence-corrected chi connectivity index (χ0v) is 46.0. The molecule has 17 rings (SSSR count). The van der Waals surface area contributed by atoms with E-state index in [4.69, 9.17) is 15.0 Å². The van der Waals surface area contributed by atoms with Crippen LogP contribution in [0.1, 0.15) is 11.1 Å². The molecule has 0 aliphatic heterocycles. The van der Waals surface area contributed by atoms with Gasteiger partial charge in [0.25, 0.3) is 0 Å². The predicted octanol–water partition coefficient (Wildman–Crippen LogP) is 18.7. The molecule has 0 N–H and O–H groups in total. The van der Waals surface area contributed by atoms with Gasteiger partial charge in [-0.1, -0.05) is 170 Å². The number of benzene rings is 12. The highest BCUT2D eigenvalue weighted by Gasteiger charge is 2.27. The first-order valence-corrected chi connectivity index (χ1v) is 28.6. The maximum absolute atomic E-state index is 10.8. The van der Waals surface area contributed by atoms with Gasteiger partial charge in [-0.3, -0.25) is 0 Å². The highest BCUT2D eigenvalue weighted by Crippen LogP contribution is 2.46. The van der Waals surface area contributed by atoms with E-state index in [0.29, 0.717) is 34.2 Å². The van der Waals surface area contributed by atoms with Crippen molar-refractivity contribution in [1.29, 1.82) is 10.5 Å². The number of fused-ring (bicyclic) bond motifs is 14. The molecule has 5 heterocycles. The van der Waals surface area contributed by atoms with E-state index in [1.807, 2.05) is 72.8 Å². The van der Waals surface area contributed by atoms with Gasteiger partial charge >= 0.3 is 0 Å². The number of para-hydroxylation sites is 6. The lowest BCUT2D eigenvalue weighted by Gasteiger charge is -2.18. The molecule has 398 valence electrons. The molecular formula is C77H45N9. The molecule has 0 spiro atoms. The average molecular weight is 1100 g/mol. The Morgan fingerprint density at radius 2 is 0.709 bits per heavy atom. The van der Waals surface area contributed by atoms with Crippen molar-refractivity contribution >= 4 is 87.2 Å². The maximum Gasteiger partial charge on any atom is 0.166 e. The number of nitriles is 2. The molecule has 9 heteroatoms. The molecule has 0 aliphatic rings. The molecule has 0 radical (unpaired) electrons. The Bertz CT molecular complexity index is 5740. The van der Waals surface area contributed by atoms with E-state index in [1.165, 1.54) is 5.39 Å². The van der Waals surface area contributed by atoms with Crippen LogP contribution in [0.4, 0.5) is 0 Å². The van der Waals surface area contributed by atoms with Crippen molar-refractivity contribution in [2.75, 3.05) is 0 Å². The lowest BCUT2D eigenvalue weighted by atomic mass is 9.99. The Balaban J connectivity index is 0.964. The fraction of sp³-hybridized carbons (Fsp3) is 0. The fourth-order valence-electron chi connectivity index (χ4n) is 13.4. The smallest absolute Gasteiger partial charge is 0.166 e. The van der Waals surface area contributed by atoms with Crippen LogP contribution in [0.3, 0.4) is 0 Å². The number of hydrogen-bond acceptors (Lipinski definition) is 5. The number of aromatic nitrogens is 7. The normalized spacial score (nSPS) is 11.7. The fourth-order valence-corrected chi connectivity index (χ4v) is 13.4. The molecule has 0 bridgehead atoms. The summed E-state index contributed by atoms with van der Waals surface area (Å²) in [7, 11) is 0. The van der Waals surface area contributed by atoms with Gasteiger partial charge in [0, 0.05) is 71.2 Å². The topological polar surface area (TPSA) is 106 Å². The van der Waals surface area contributed by atoms with E-state index in [2.05, 4.69) is 231 Å². The molecule has 5 aromatic heterocycles. The molecular weight excluding hydrogens is 1050 g/mol. The van der Waals surface area contributed by atoms with Crippen LogP contribution in [0.15, 0.2) is 273 Å². The summed E-state index contributed by atoms with van der Waals surface area (Å²) >= 11 is 0. The second kappa shape index (κ2) is 19.2. The van der Waals surface area contributed by atoms with Gasteiger partial charge in [0.2, 0.25) is 0 Å². The van der Waals surface area contributed by atoms with E-state index in [0.717, 1.165) is 127 Å². The first kappa shape index (κ1) is 48.5. The Kier molecular flexibility index (Phi) is 10.8. The molecule has 0 atom stereocenters. The standard InChI is InChI=1S/C77H45N9/c78-46-48-19-18-22-51(43-48)52-36-40-67(85-65-33-16-12-29-59(65)71-68(85)41-38-57-55-27-10-14-31-63(55)83(73(57)71)53-23-6-2-7-24-53)62(45-52)77-81-75(50-20-4-1-5-21-50)80-76(82-77)61-37-35-49(47-79)44-70(61)86-66-34-17-13-30-60(66)72-69(86)42-39-58-56-28-11-15-32-64(56)84(74(58)72)54-25-8-3-9-26-54/h1-45H. The van der Waals surface area contributed by atoms with Gasteiger partial charge in [-0.2, -0.15) is 10.5 Å². The van der Waals surface area contributed by atoms with Crippen molar-refractivity contribution in [3.8, 4) is 80.2 Å². The minimum absolute atomic E-state index is 0.429.